The Morgan fingerprint density at radius 1 is 1.15 bits per heavy atom. The first-order valence-electron chi connectivity index (χ1n) is 8.05. The van der Waals surface area contributed by atoms with Crippen molar-refractivity contribution >= 4 is 5.91 Å². The summed E-state index contributed by atoms with van der Waals surface area (Å²) in [6.45, 7) is 6.79. The van der Waals surface area contributed by atoms with Gasteiger partial charge in [-0.15, -0.1) is 0 Å². The molecule has 0 aromatic carbocycles. The predicted molar refractivity (Wildman–Crippen MR) is 77.3 cm³/mol. The molecule has 0 aromatic rings. The summed E-state index contributed by atoms with van der Waals surface area (Å²) in [5.74, 6) is 0.584. The molecule has 0 aromatic heterocycles. The van der Waals surface area contributed by atoms with Crippen molar-refractivity contribution in [1.82, 2.24) is 9.80 Å². The van der Waals surface area contributed by atoms with Crippen LogP contribution < -0.4 is 5.73 Å². The minimum atomic E-state index is -0.191. The minimum absolute atomic E-state index is 0.191. The van der Waals surface area contributed by atoms with Crippen LogP contribution in [0.15, 0.2) is 0 Å². The first kappa shape index (κ1) is 14.3. The van der Waals surface area contributed by atoms with E-state index in [1.54, 1.807) is 0 Å². The fourth-order valence-corrected chi connectivity index (χ4v) is 3.72. The number of carbonyl (C=O) groups is 1. The van der Waals surface area contributed by atoms with Gasteiger partial charge < -0.3 is 15.4 Å². The van der Waals surface area contributed by atoms with E-state index >= 15 is 0 Å². The summed E-state index contributed by atoms with van der Waals surface area (Å²) in [7, 11) is 0. The molecule has 0 aliphatic carbocycles. The van der Waals surface area contributed by atoms with E-state index in [4.69, 9.17) is 10.5 Å². The second kappa shape index (κ2) is 6.00. The second-order valence-electron chi connectivity index (χ2n) is 6.66. The minimum Gasteiger partial charge on any atom is -0.368 e. The molecule has 3 unspecified atom stereocenters. The molecule has 3 rings (SSSR count). The Morgan fingerprint density at radius 2 is 1.90 bits per heavy atom. The van der Waals surface area contributed by atoms with Crippen molar-refractivity contribution in [3.05, 3.63) is 0 Å². The van der Waals surface area contributed by atoms with E-state index in [9.17, 15) is 4.79 Å². The zero-order valence-corrected chi connectivity index (χ0v) is 12.5. The molecule has 1 amide bonds. The van der Waals surface area contributed by atoms with Crippen LogP contribution in [0.25, 0.3) is 0 Å². The maximum atomic E-state index is 12.5. The van der Waals surface area contributed by atoms with Crippen molar-refractivity contribution in [2.45, 2.75) is 50.8 Å². The van der Waals surface area contributed by atoms with Gasteiger partial charge in [-0.25, -0.2) is 0 Å². The first-order chi connectivity index (χ1) is 9.65. The molecule has 2 N–H and O–H groups in total. The number of likely N-dealkylation sites (tertiary alicyclic amines) is 2. The van der Waals surface area contributed by atoms with E-state index in [2.05, 4.69) is 11.8 Å². The number of nitrogens with zero attached hydrogens (tertiary/aromatic N) is 2. The lowest BCUT2D eigenvalue weighted by Gasteiger charge is -2.34. The maximum Gasteiger partial charge on any atom is 0.252 e. The number of nitrogens with two attached hydrogens (primary N) is 1. The van der Waals surface area contributed by atoms with Gasteiger partial charge in [0.1, 0.15) is 6.10 Å². The van der Waals surface area contributed by atoms with Crippen LogP contribution >= 0.6 is 0 Å². The van der Waals surface area contributed by atoms with Crippen molar-refractivity contribution in [2.75, 3.05) is 32.8 Å². The smallest absolute Gasteiger partial charge is 0.252 e. The lowest BCUT2D eigenvalue weighted by atomic mass is 10.0. The quantitative estimate of drug-likeness (QED) is 0.798. The highest BCUT2D eigenvalue weighted by atomic mass is 16.5. The van der Waals surface area contributed by atoms with Crippen molar-refractivity contribution in [2.24, 2.45) is 11.7 Å². The third-order valence-electron chi connectivity index (χ3n) is 5.20. The average Bonchev–Trinajstić information content (AvgIpc) is 3.08. The predicted octanol–water partition coefficient (Wildman–Crippen LogP) is 0.435. The molecule has 20 heavy (non-hydrogen) atoms. The standard InChI is InChI=1S/C15H27N3O2/c1-11-5-9-20-14(11)15(19)18-8-4-13(10-18)17-6-2-12(16)3-7-17/h11-14H,2-10,16H2,1H3. The Kier molecular flexibility index (Phi) is 4.29. The van der Waals surface area contributed by atoms with E-state index in [0.29, 0.717) is 18.0 Å². The maximum absolute atomic E-state index is 12.5. The number of carbonyl (C=O) groups excluding carboxylic acids is 1. The van der Waals surface area contributed by atoms with Gasteiger partial charge >= 0.3 is 0 Å². The molecule has 114 valence electrons. The molecule has 5 nitrogen and oxygen atoms in total. The summed E-state index contributed by atoms with van der Waals surface area (Å²) in [5, 5.41) is 0. The highest BCUT2D eigenvalue weighted by Gasteiger charge is 2.38. The molecule has 3 aliphatic rings. The largest absolute Gasteiger partial charge is 0.368 e. The average molecular weight is 281 g/mol. The molecule has 0 saturated carbocycles. The van der Waals surface area contributed by atoms with Gasteiger partial charge in [-0.05, 0) is 44.7 Å². The summed E-state index contributed by atoms with van der Waals surface area (Å²) in [6.07, 6.45) is 4.10. The monoisotopic (exact) mass is 281 g/mol. The third-order valence-corrected chi connectivity index (χ3v) is 5.20. The molecule has 3 atom stereocenters. The molecular formula is C15H27N3O2. The van der Waals surface area contributed by atoms with E-state index in [1.807, 2.05) is 4.90 Å². The Bertz CT molecular complexity index is 355. The number of hydrogen-bond donors (Lipinski definition) is 1. The van der Waals surface area contributed by atoms with Gasteiger partial charge in [0.05, 0.1) is 0 Å². The van der Waals surface area contributed by atoms with Crippen LogP contribution in [0.1, 0.15) is 32.6 Å². The van der Waals surface area contributed by atoms with Crippen molar-refractivity contribution in [3.8, 4) is 0 Å². The van der Waals surface area contributed by atoms with Gasteiger partial charge in [0.15, 0.2) is 0 Å². The van der Waals surface area contributed by atoms with Crippen molar-refractivity contribution in [1.29, 1.82) is 0 Å². The normalized spacial score (nSPS) is 36.7. The molecule has 5 heteroatoms. The van der Waals surface area contributed by atoms with Crippen LogP contribution in [0.5, 0.6) is 0 Å². The molecule has 0 spiro atoms. The molecule has 0 radical (unpaired) electrons. The van der Waals surface area contributed by atoms with Crippen LogP contribution in [0.2, 0.25) is 0 Å². The highest BCUT2D eigenvalue weighted by molar-refractivity contribution is 5.81. The Labute approximate surface area is 121 Å². The number of rotatable bonds is 2. The van der Waals surface area contributed by atoms with Crippen molar-refractivity contribution < 1.29 is 9.53 Å². The van der Waals surface area contributed by atoms with Crippen LogP contribution in [0, 0.1) is 5.92 Å². The van der Waals surface area contributed by atoms with Gasteiger partial charge in [0, 0.05) is 31.8 Å². The Balaban J connectivity index is 1.52. The van der Waals surface area contributed by atoms with E-state index in [1.165, 1.54) is 0 Å². The lowest BCUT2D eigenvalue weighted by Crippen LogP contribution is -2.47. The van der Waals surface area contributed by atoms with Crippen molar-refractivity contribution in [3.63, 3.8) is 0 Å². The first-order valence-corrected chi connectivity index (χ1v) is 8.05. The second-order valence-corrected chi connectivity index (χ2v) is 6.66. The summed E-state index contributed by atoms with van der Waals surface area (Å²) < 4.78 is 5.61. The molecular weight excluding hydrogens is 254 g/mol. The van der Waals surface area contributed by atoms with E-state index in [0.717, 1.165) is 58.5 Å². The zero-order valence-electron chi connectivity index (χ0n) is 12.5. The fourth-order valence-electron chi connectivity index (χ4n) is 3.72. The van der Waals surface area contributed by atoms with Crippen LogP contribution in [0.4, 0.5) is 0 Å². The number of ether oxygens (including phenoxy) is 1. The molecule has 0 bridgehead atoms. The number of amides is 1. The molecule has 3 aliphatic heterocycles. The van der Waals surface area contributed by atoms with Crippen LogP contribution in [-0.2, 0) is 9.53 Å². The van der Waals surface area contributed by atoms with Gasteiger partial charge in [-0.1, -0.05) is 6.92 Å². The Morgan fingerprint density at radius 3 is 2.55 bits per heavy atom. The molecule has 3 saturated heterocycles. The van der Waals surface area contributed by atoms with Gasteiger partial charge in [-0.2, -0.15) is 0 Å². The third kappa shape index (κ3) is 2.85. The number of piperidine rings is 1. The fraction of sp³-hybridized carbons (Fsp3) is 0.933. The Hall–Kier alpha value is -0.650. The summed E-state index contributed by atoms with van der Waals surface area (Å²) in [5.41, 5.74) is 5.96. The number of hydrogen-bond acceptors (Lipinski definition) is 4. The molecule has 3 fully saturated rings. The van der Waals surface area contributed by atoms with E-state index < -0.39 is 0 Å². The van der Waals surface area contributed by atoms with Gasteiger partial charge in [-0.3, -0.25) is 9.69 Å². The molecule has 3 heterocycles. The SMILES string of the molecule is CC1CCOC1C(=O)N1CCC(N2CCC(N)CC2)C1. The van der Waals surface area contributed by atoms with Gasteiger partial charge in [0.25, 0.3) is 5.91 Å². The van der Waals surface area contributed by atoms with Crippen LogP contribution in [-0.4, -0.2) is 66.7 Å². The topological polar surface area (TPSA) is 58.8 Å². The summed E-state index contributed by atoms with van der Waals surface area (Å²) >= 11 is 0. The van der Waals surface area contributed by atoms with Crippen LogP contribution in [0.3, 0.4) is 0 Å². The zero-order chi connectivity index (χ0) is 14.1. The van der Waals surface area contributed by atoms with E-state index in [-0.39, 0.29) is 12.0 Å². The summed E-state index contributed by atoms with van der Waals surface area (Å²) in [6, 6.07) is 0.904. The van der Waals surface area contributed by atoms with Gasteiger partial charge in [0.2, 0.25) is 0 Å². The lowest BCUT2D eigenvalue weighted by molar-refractivity contribution is -0.141. The highest BCUT2D eigenvalue weighted by Crippen LogP contribution is 2.25. The summed E-state index contributed by atoms with van der Waals surface area (Å²) in [4.78, 5) is 17.0.